The first-order valence-electron chi connectivity index (χ1n) is 9.93. The number of carbonyl (C=O) groups excluding carboxylic acids is 1. The Hall–Kier alpha value is -3.57. The molecule has 32 heavy (non-hydrogen) atoms. The van der Waals surface area contributed by atoms with Gasteiger partial charge in [-0.3, -0.25) is 4.79 Å². The predicted octanol–water partition coefficient (Wildman–Crippen LogP) is 2.57. The van der Waals surface area contributed by atoms with Gasteiger partial charge < -0.3 is 9.80 Å². The Morgan fingerprint density at radius 1 is 1.06 bits per heavy atom. The molecule has 4 heterocycles. The lowest BCUT2D eigenvalue weighted by atomic mass is 9.81. The van der Waals surface area contributed by atoms with Crippen molar-refractivity contribution in [3.63, 3.8) is 0 Å². The highest BCUT2D eigenvalue weighted by molar-refractivity contribution is 5.98. The third-order valence-corrected chi connectivity index (χ3v) is 5.86. The quantitative estimate of drug-likeness (QED) is 0.575. The number of alkyl halides is 3. The van der Waals surface area contributed by atoms with Crippen molar-refractivity contribution in [2.24, 2.45) is 5.92 Å². The highest BCUT2D eigenvalue weighted by Crippen LogP contribution is 2.36. The van der Waals surface area contributed by atoms with Crippen molar-refractivity contribution < 1.29 is 22.4 Å². The van der Waals surface area contributed by atoms with Crippen LogP contribution in [0.5, 0.6) is 0 Å². The summed E-state index contributed by atoms with van der Waals surface area (Å²) in [5, 5.41) is 8.04. The van der Waals surface area contributed by atoms with Crippen LogP contribution >= 0.6 is 0 Å². The summed E-state index contributed by atoms with van der Waals surface area (Å²) in [6, 6.07) is 5.02. The smallest absolute Gasteiger partial charge is 0.354 e. The van der Waals surface area contributed by atoms with E-state index in [1.165, 1.54) is 35.4 Å². The summed E-state index contributed by atoms with van der Waals surface area (Å²) in [5.41, 5.74) is 0.473. The number of hydrogen-bond acceptors (Lipinski definition) is 6. The molecule has 5 rings (SSSR count). The summed E-state index contributed by atoms with van der Waals surface area (Å²) >= 11 is 0. The molecule has 0 N–H and O–H groups in total. The van der Waals surface area contributed by atoms with Crippen LogP contribution in [0.4, 0.5) is 23.4 Å². The fourth-order valence-electron chi connectivity index (χ4n) is 4.25. The number of likely N-dealkylation sites (tertiary alicyclic amines) is 1. The van der Waals surface area contributed by atoms with Gasteiger partial charge in [-0.15, -0.1) is 0 Å². The van der Waals surface area contributed by atoms with Gasteiger partial charge in [-0.1, -0.05) is 0 Å². The summed E-state index contributed by atoms with van der Waals surface area (Å²) in [6.45, 7) is 1.35. The molecule has 166 valence electrons. The second-order valence-corrected chi connectivity index (χ2v) is 7.74. The molecule has 2 aliphatic heterocycles. The maximum Gasteiger partial charge on any atom is 0.451 e. The van der Waals surface area contributed by atoms with Gasteiger partial charge in [0, 0.05) is 31.7 Å². The zero-order valence-electron chi connectivity index (χ0n) is 16.6. The minimum absolute atomic E-state index is 0.123. The summed E-state index contributed by atoms with van der Waals surface area (Å²) < 4.78 is 52.9. The van der Waals surface area contributed by atoms with Crippen molar-refractivity contribution in [1.29, 1.82) is 0 Å². The standard InChI is InChI=1S/C20H17F4N7O/c21-13-1-2-15(31-26-6-7-27-31)14(9-13)18(32)30-10-12-4-8-29(11-16(12)30)17-3-5-25-19(28-17)20(22,23)24/h1-3,5-7,9,12,16H,4,8,10-11H2/t12-,16-/m1/s1. The van der Waals surface area contributed by atoms with E-state index in [1.807, 2.05) is 0 Å². The van der Waals surface area contributed by atoms with E-state index in [-0.39, 0.29) is 29.2 Å². The maximum absolute atomic E-state index is 14.0. The third-order valence-electron chi connectivity index (χ3n) is 5.86. The molecule has 2 atom stereocenters. The Morgan fingerprint density at radius 3 is 2.59 bits per heavy atom. The van der Waals surface area contributed by atoms with Crippen molar-refractivity contribution in [3.05, 3.63) is 60.1 Å². The summed E-state index contributed by atoms with van der Waals surface area (Å²) in [4.78, 5) is 24.8. The molecule has 12 heteroatoms. The summed E-state index contributed by atoms with van der Waals surface area (Å²) in [6.07, 6.45) is 0.0507. The monoisotopic (exact) mass is 447 g/mol. The van der Waals surface area contributed by atoms with Crippen molar-refractivity contribution >= 4 is 11.7 Å². The number of rotatable bonds is 3. The predicted molar refractivity (Wildman–Crippen MR) is 103 cm³/mol. The largest absolute Gasteiger partial charge is 0.451 e. The second-order valence-electron chi connectivity index (χ2n) is 7.74. The van der Waals surface area contributed by atoms with Gasteiger partial charge in [-0.25, -0.2) is 14.4 Å². The van der Waals surface area contributed by atoms with Gasteiger partial charge >= 0.3 is 6.18 Å². The van der Waals surface area contributed by atoms with Crippen LogP contribution in [0.3, 0.4) is 0 Å². The van der Waals surface area contributed by atoms with Crippen LogP contribution in [0.1, 0.15) is 22.6 Å². The Balaban J connectivity index is 1.38. The number of anilines is 1. The number of aromatic nitrogens is 5. The fraction of sp³-hybridized carbons (Fsp3) is 0.350. The van der Waals surface area contributed by atoms with Crippen LogP contribution in [-0.4, -0.2) is 61.4 Å². The normalized spacial score (nSPS) is 20.6. The van der Waals surface area contributed by atoms with E-state index in [9.17, 15) is 22.4 Å². The van der Waals surface area contributed by atoms with Gasteiger partial charge in [0.2, 0.25) is 5.82 Å². The molecule has 0 aliphatic carbocycles. The number of fused-ring (bicyclic) bond motifs is 1. The Morgan fingerprint density at radius 2 is 1.84 bits per heavy atom. The summed E-state index contributed by atoms with van der Waals surface area (Å²) in [7, 11) is 0. The molecular weight excluding hydrogens is 430 g/mol. The summed E-state index contributed by atoms with van der Waals surface area (Å²) in [5.74, 6) is -1.75. The van der Waals surface area contributed by atoms with E-state index in [2.05, 4.69) is 20.2 Å². The van der Waals surface area contributed by atoms with Crippen LogP contribution in [0.2, 0.25) is 0 Å². The molecule has 8 nitrogen and oxygen atoms in total. The molecule has 0 bridgehead atoms. The van der Waals surface area contributed by atoms with E-state index in [0.29, 0.717) is 31.7 Å². The average Bonchev–Trinajstić information content (AvgIpc) is 3.28. The van der Waals surface area contributed by atoms with E-state index in [4.69, 9.17) is 0 Å². The molecule has 3 aromatic rings. The Bertz CT molecular complexity index is 1150. The lowest BCUT2D eigenvalue weighted by Crippen LogP contribution is -2.66. The fourth-order valence-corrected chi connectivity index (χ4v) is 4.25. The molecule has 2 fully saturated rings. The number of halogens is 4. The molecule has 2 aromatic heterocycles. The van der Waals surface area contributed by atoms with Crippen LogP contribution in [-0.2, 0) is 6.18 Å². The van der Waals surface area contributed by atoms with Crippen LogP contribution < -0.4 is 4.90 Å². The number of piperidine rings is 1. The molecule has 1 amide bonds. The van der Waals surface area contributed by atoms with Crippen molar-refractivity contribution in [2.75, 3.05) is 24.5 Å². The number of benzene rings is 1. The first-order chi connectivity index (χ1) is 15.3. The minimum Gasteiger partial charge on any atom is -0.354 e. The number of nitrogens with zero attached hydrogens (tertiary/aromatic N) is 7. The van der Waals surface area contributed by atoms with Crippen LogP contribution in [0.25, 0.3) is 5.69 Å². The molecule has 0 radical (unpaired) electrons. The van der Waals surface area contributed by atoms with Gasteiger partial charge in [0.15, 0.2) is 0 Å². The van der Waals surface area contributed by atoms with Crippen molar-refractivity contribution in [1.82, 2.24) is 29.9 Å². The second kappa shape index (κ2) is 7.53. The minimum atomic E-state index is -4.64. The van der Waals surface area contributed by atoms with Gasteiger partial charge in [0.25, 0.3) is 5.91 Å². The van der Waals surface area contributed by atoms with Crippen LogP contribution in [0, 0.1) is 11.7 Å². The SMILES string of the molecule is O=C(c1cc(F)ccc1-n1nccn1)N1C[C@H]2CCN(c3ccnc(C(F)(F)F)n3)C[C@H]21. The van der Waals surface area contributed by atoms with E-state index < -0.39 is 17.8 Å². The molecular formula is C20H17F4N7O. The van der Waals surface area contributed by atoms with Gasteiger partial charge in [-0.05, 0) is 30.7 Å². The molecule has 0 unspecified atom stereocenters. The van der Waals surface area contributed by atoms with Gasteiger partial charge in [0.05, 0.1) is 29.7 Å². The van der Waals surface area contributed by atoms with Gasteiger partial charge in [-0.2, -0.15) is 28.2 Å². The lowest BCUT2D eigenvalue weighted by molar-refractivity contribution is -0.144. The van der Waals surface area contributed by atoms with E-state index in [0.717, 1.165) is 12.3 Å². The van der Waals surface area contributed by atoms with Gasteiger partial charge in [0.1, 0.15) is 11.6 Å². The molecule has 1 aromatic carbocycles. The lowest BCUT2D eigenvalue weighted by Gasteiger charge is -2.53. The average molecular weight is 447 g/mol. The van der Waals surface area contributed by atoms with Crippen molar-refractivity contribution in [2.45, 2.75) is 18.6 Å². The molecule has 0 spiro atoms. The first kappa shape index (κ1) is 20.3. The number of amides is 1. The third kappa shape index (κ3) is 3.55. The molecule has 0 saturated carbocycles. The maximum atomic E-state index is 14.0. The van der Waals surface area contributed by atoms with Crippen molar-refractivity contribution in [3.8, 4) is 5.69 Å². The Labute approximate surface area is 179 Å². The van der Waals surface area contributed by atoms with E-state index >= 15 is 0 Å². The zero-order valence-corrected chi connectivity index (χ0v) is 16.6. The number of hydrogen-bond donors (Lipinski definition) is 0. The number of carbonyl (C=O) groups is 1. The van der Waals surface area contributed by atoms with E-state index in [1.54, 1.807) is 9.80 Å². The zero-order chi connectivity index (χ0) is 22.5. The molecule has 2 aliphatic rings. The Kier molecular flexibility index (Phi) is 4.79. The first-order valence-corrected chi connectivity index (χ1v) is 9.93. The topological polar surface area (TPSA) is 80.0 Å². The highest BCUT2D eigenvalue weighted by Gasteiger charge is 2.46. The molecule has 2 saturated heterocycles. The highest BCUT2D eigenvalue weighted by atomic mass is 19.4. The van der Waals surface area contributed by atoms with Crippen LogP contribution in [0.15, 0.2) is 42.9 Å².